The fourth-order valence-corrected chi connectivity index (χ4v) is 2.78. The number of ether oxygens (including phenoxy) is 4. The van der Waals surface area contributed by atoms with E-state index >= 15 is 0 Å². The van der Waals surface area contributed by atoms with E-state index in [0.29, 0.717) is 33.0 Å². The van der Waals surface area contributed by atoms with Crippen molar-refractivity contribution in [3.63, 3.8) is 0 Å². The Bertz CT molecular complexity index is 338. The third-order valence-corrected chi connectivity index (χ3v) is 4.26. The van der Waals surface area contributed by atoms with Crippen molar-refractivity contribution in [3.05, 3.63) is 0 Å². The maximum atomic E-state index is 11.5. The van der Waals surface area contributed by atoms with Crippen LogP contribution in [0, 0.1) is 0 Å². The van der Waals surface area contributed by atoms with E-state index in [-0.39, 0.29) is 12.4 Å². The predicted molar refractivity (Wildman–Crippen MR) is 115 cm³/mol. The zero-order chi connectivity index (χ0) is 20.9. The molecule has 0 aromatic heterocycles. The molecule has 0 aliphatic carbocycles. The number of unbranched alkanes of at least 4 members (excludes halogenated alkanes) is 9. The largest absolute Gasteiger partial charge is 0.460 e. The first-order valence-corrected chi connectivity index (χ1v) is 11.4. The lowest BCUT2D eigenvalue weighted by Crippen LogP contribution is -2.24. The SMILES string of the molecule is CCCCCCCCCCCCOCCOCCOCCC(=O)OC(C)(C)C. The van der Waals surface area contributed by atoms with Crippen molar-refractivity contribution in [2.75, 3.05) is 39.6 Å². The van der Waals surface area contributed by atoms with E-state index in [4.69, 9.17) is 18.9 Å². The molecule has 0 atom stereocenters. The Kier molecular flexibility index (Phi) is 19.2. The smallest absolute Gasteiger partial charge is 0.308 e. The first kappa shape index (κ1) is 27.4. The van der Waals surface area contributed by atoms with Crippen LogP contribution in [0.1, 0.15) is 98.3 Å². The van der Waals surface area contributed by atoms with Crippen LogP contribution >= 0.6 is 0 Å². The van der Waals surface area contributed by atoms with Crippen LogP contribution in [0.15, 0.2) is 0 Å². The molecule has 0 saturated carbocycles. The van der Waals surface area contributed by atoms with Crippen LogP contribution in [-0.2, 0) is 23.7 Å². The Balaban J connectivity index is 3.11. The van der Waals surface area contributed by atoms with Gasteiger partial charge in [-0.25, -0.2) is 0 Å². The molecule has 5 nitrogen and oxygen atoms in total. The summed E-state index contributed by atoms with van der Waals surface area (Å²) in [6.45, 7) is 11.3. The molecule has 0 bridgehead atoms. The molecule has 0 aromatic rings. The second-order valence-electron chi connectivity index (χ2n) is 8.36. The maximum Gasteiger partial charge on any atom is 0.308 e. The topological polar surface area (TPSA) is 54.0 Å². The highest BCUT2D eigenvalue weighted by Crippen LogP contribution is 2.10. The highest BCUT2D eigenvalue weighted by Gasteiger charge is 2.15. The Morgan fingerprint density at radius 1 is 0.607 bits per heavy atom. The first-order chi connectivity index (χ1) is 13.5. The summed E-state index contributed by atoms with van der Waals surface area (Å²) in [7, 11) is 0. The van der Waals surface area contributed by atoms with Gasteiger partial charge in [0.2, 0.25) is 0 Å². The average molecular weight is 403 g/mol. The van der Waals surface area contributed by atoms with Gasteiger partial charge in [0.05, 0.1) is 39.5 Å². The Hall–Kier alpha value is -0.650. The molecule has 0 aliphatic heterocycles. The van der Waals surface area contributed by atoms with Gasteiger partial charge in [-0.2, -0.15) is 0 Å². The summed E-state index contributed by atoms with van der Waals surface area (Å²) in [5.41, 5.74) is -0.436. The van der Waals surface area contributed by atoms with Crippen LogP contribution in [0.3, 0.4) is 0 Å². The summed E-state index contributed by atoms with van der Waals surface area (Å²) in [5.74, 6) is -0.228. The molecule has 0 aliphatic rings. The molecule has 0 heterocycles. The normalized spacial score (nSPS) is 11.7. The van der Waals surface area contributed by atoms with E-state index in [1.165, 1.54) is 57.8 Å². The minimum absolute atomic E-state index is 0.228. The van der Waals surface area contributed by atoms with Gasteiger partial charge in [0.25, 0.3) is 0 Å². The fourth-order valence-electron chi connectivity index (χ4n) is 2.78. The third kappa shape index (κ3) is 23.4. The van der Waals surface area contributed by atoms with Crippen molar-refractivity contribution in [1.82, 2.24) is 0 Å². The van der Waals surface area contributed by atoms with Crippen LogP contribution in [0.4, 0.5) is 0 Å². The molecule has 0 radical (unpaired) electrons. The zero-order valence-corrected chi connectivity index (χ0v) is 19.1. The fraction of sp³-hybridized carbons (Fsp3) is 0.957. The van der Waals surface area contributed by atoms with Crippen LogP contribution in [-0.4, -0.2) is 51.2 Å². The predicted octanol–water partition coefficient (Wildman–Crippen LogP) is 5.69. The average Bonchev–Trinajstić information content (AvgIpc) is 2.62. The van der Waals surface area contributed by atoms with Gasteiger partial charge in [0.15, 0.2) is 0 Å². The van der Waals surface area contributed by atoms with Gasteiger partial charge in [-0.05, 0) is 27.2 Å². The van der Waals surface area contributed by atoms with E-state index < -0.39 is 5.60 Å². The molecule has 0 aromatic carbocycles. The molecular weight excluding hydrogens is 356 g/mol. The summed E-state index contributed by atoms with van der Waals surface area (Å²) in [5, 5.41) is 0. The number of hydrogen-bond acceptors (Lipinski definition) is 5. The Labute approximate surface area is 173 Å². The second kappa shape index (κ2) is 19.7. The minimum atomic E-state index is -0.436. The summed E-state index contributed by atoms with van der Waals surface area (Å²) in [4.78, 5) is 11.5. The quantitative estimate of drug-likeness (QED) is 0.193. The highest BCUT2D eigenvalue weighted by molar-refractivity contribution is 5.69. The van der Waals surface area contributed by atoms with Gasteiger partial charge in [-0.1, -0.05) is 64.7 Å². The molecule has 5 heteroatoms. The van der Waals surface area contributed by atoms with E-state index in [0.717, 1.165) is 13.0 Å². The van der Waals surface area contributed by atoms with Crippen LogP contribution in [0.5, 0.6) is 0 Å². The lowest BCUT2D eigenvalue weighted by molar-refractivity contribution is -0.156. The lowest BCUT2D eigenvalue weighted by atomic mass is 10.1. The highest BCUT2D eigenvalue weighted by atomic mass is 16.6. The third-order valence-electron chi connectivity index (χ3n) is 4.26. The van der Waals surface area contributed by atoms with E-state index in [9.17, 15) is 4.79 Å². The summed E-state index contributed by atoms with van der Waals surface area (Å²) in [6, 6.07) is 0. The Morgan fingerprint density at radius 2 is 1.04 bits per heavy atom. The van der Waals surface area contributed by atoms with Gasteiger partial charge in [0, 0.05) is 6.61 Å². The molecule has 0 amide bonds. The molecule has 28 heavy (non-hydrogen) atoms. The molecule has 0 saturated heterocycles. The number of rotatable bonds is 20. The number of hydrogen-bond donors (Lipinski definition) is 0. The van der Waals surface area contributed by atoms with Crippen molar-refractivity contribution in [2.45, 2.75) is 104 Å². The van der Waals surface area contributed by atoms with E-state index in [1.54, 1.807) is 0 Å². The molecular formula is C23H46O5. The van der Waals surface area contributed by atoms with Crippen LogP contribution in [0.2, 0.25) is 0 Å². The van der Waals surface area contributed by atoms with Gasteiger partial charge in [-0.15, -0.1) is 0 Å². The van der Waals surface area contributed by atoms with Gasteiger partial charge >= 0.3 is 5.97 Å². The maximum absolute atomic E-state index is 11.5. The molecule has 0 unspecified atom stereocenters. The van der Waals surface area contributed by atoms with Gasteiger partial charge in [-0.3, -0.25) is 4.79 Å². The van der Waals surface area contributed by atoms with Crippen LogP contribution < -0.4 is 0 Å². The molecule has 0 N–H and O–H groups in total. The van der Waals surface area contributed by atoms with Crippen molar-refractivity contribution in [3.8, 4) is 0 Å². The van der Waals surface area contributed by atoms with E-state index in [1.807, 2.05) is 20.8 Å². The van der Waals surface area contributed by atoms with Crippen molar-refractivity contribution in [1.29, 1.82) is 0 Å². The van der Waals surface area contributed by atoms with Crippen molar-refractivity contribution < 1.29 is 23.7 Å². The minimum Gasteiger partial charge on any atom is -0.460 e. The van der Waals surface area contributed by atoms with Crippen LogP contribution in [0.25, 0.3) is 0 Å². The summed E-state index contributed by atoms with van der Waals surface area (Å²) in [6.07, 6.45) is 13.7. The van der Waals surface area contributed by atoms with E-state index in [2.05, 4.69) is 6.92 Å². The summed E-state index contributed by atoms with van der Waals surface area (Å²) >= 11 is 0. The molecule has 168 valence electrons. The standard InChI is InChI=1S/C23H46O5/c1-5-6-7-8-9-10-11-12-13-14-16-25-18-20-27-21-19-26-17-15-22(24)28-23(2,3)4/h5-21H2,1-4H3. The monoisotopic (exact) mass is 402 g/mol. The number of carbonyl (C=O) groups is 1. The van der Waals surface area contributed by atoms with Gasteiger partial charge < -0.3 is 18.9 Å². The van der Waals surface area contributed by atoms with Gasteiger partial charge in [0.1, 0.15) is 5.60 Å². The first-order valence-electron chi connectivity index (χ1n) is 11.4. The molecule has 0 rings (SSSR count). The summed E-state index contributed by atoms with van der Waals surface area (Å²) < 4.78 is 21.6. The molecule has 0 spiro atoms. The van der Waals surface area contributed by atoms with Crippen molar-refractivity contribution in [2.24, 2.45) is 0 Å². The lowest BCUT2D eigenvalue weighted by Gasteiger charge is -2.19. The number of esters is 1. The second-order valence-corrected chi connectivity index (χ2v) is 8.36. The number of carbonyl (C=O) groups excluding carboxylic acids is 1. The van der Waals surface area contributed by atoms with Crippen molar-refractivity contribution >= 4 is 5.97 Å². The molecule has 0 fully saturated rings. The zero-order valence-electron chi connectivity index (χ0n) is 19.1. The Morgan fingerprint density at radius 3 is 1.54 bits per heavy atom.